The maximum absolute atomic E-state index is 13.3. The number of hydrogen-bond acceptors (Lipinski definition) is 5. The van der Waals surface area contributed by atoms with Crippen molar-refractivity contribution in [2.75, 3.05) is 6.54 Å². The van der Waals surface area contributed by atoms with Gasteiger partial charge in [-0.3, -0.25) is 4.79 Å². The Morgan fingerprint density at radius 1 is 1.28 bits per heavy atom. The predicted octanol–water partition coefficient (Wildman–Crippen LogP) is 5.05. The Balaban J connectivity index is 1.68. The zero-order chi connectivity index (χ0) is 23.2. The highest BCUT2D eigenvalue weighted by Crippen LogP contribution is 2.35. The highest BCUT2D eigenvalue weighted by molar-refractivity contribution is 9.11. The lowest BCUT2D eigenvalue weighted by atomic mass is 9.77. The van der Waals surface area contributed by atoms with Crippen LogP contribution < -0.4 is 5.32 Å². The Kier molecular flexibility index (Phi) is 5.93. The molecule has 1 saturated heterocycles. The average Bonchev–Trinajstić information content (AvgIpc) is 3.34. The molecular formula is C22H25BrN4O4S. The molecule has 0 bridgehead atoms. The third-order valence-corrected chi connectivity index (χ3v) is 7.39. The van der Waals surface area contributed by atoms with Crippen LogP contribution in [0.3, 0.4) is 0 Å². The quantitative estimate of drug-likeness (QED) is 0.385. The molecule has 2 aromatic heterocycles. The van der Waals surface area contributed by atoms with Crippen molar-refractivity contribution in [3.63, 3.8) is 0 Å². The molecule has 170 valence electrons. The number of carbonyl (C=O) groups is 2. The largest absolute Gasteiger partial charge is 0.506 e. The van der Waals surface area contributed by atoms with E-state index in [1.165, 1.54) is 22.3 Å². The first-order valence-electron chi connectivity index (χ1n) is 10.3. The third kappa shape index (κ3) is 4.21. The van der Waals surface area contributed by atoms with Gasteiger partial charge < -0.3 is 25.4 Å². The van der Waals surface area contributed by atoms with Crippen LogP contribution in [0.15, 0.2) is 28.1 Å². The molecule has 1 aromatic carbocycles. The minimum Gasteiger partial charge on any atom is -0.506 e. The molecule has 1 fully saturated rings. The lowest BCUT2D eigenvalue weighted by Crippen LogP contribution is -2.61. The van der Waals surface area contributed by atoms with E-state index in [1.54, 1.807) is 6.07 Å². The Morgan fingerprint density at radius 3 is 2.66 bits per heavy atom. The van der Waals surface area contributed by atoms with Crippen LogP contribution in [-0.2, 0) is 0 Å². The van der Waals surface area contributed by atoms with Crippen molar-refractivity contribution in [1.82, 2.24) is 20.2 Å². The first-order chi connectivity index (χ1) is 15.1. The van der Waals surface area contributed by atoms with Crippen LogP contribution >= 0.6 is 27.3 Å². The number of phenols is 1. The lowest BCUT2D eigenvalue weighted by Gasteiger charge is -2.46. The van der Waals surface area contributed by atoms with Crippen LogP contribution in [0.4, 0.5) is 4.79 Å². The van der Waals surface area contributed by atoms with Gasteiger partial charge in [0.25, 0.3) is 5.91 Å². The van der Waals surface area contributed by atoms with Gasteiger partial charge in [0.15, 0.2) is 0 Å². The summed E-state index contributed by atoms with van der Waals surface area (Å²) >= 11 is 4.92. The number of nitrogens with zero attached hydrogens (tertiary/aromatic N) is 2. The van der Waals surface area contributed by atoms with Gasteiger partial charge in [0.05, 0.1) is 26.3 Å². The summed E-state index contributed by atoms with van der Waals surface area (Å²) in [7, 11) is 0. The summed E-state index contributed by atoms with van der Waals surface area (Å²) in [6.45, 7) is 6.40. The number of hydrogen-bond donors (Lipinski definition) is 4. The van der Waals surface area contributed by atoms with Gasteiger partial charge in [-0.2, -0.15) is 0 Å². The first kappa shape index (κ1) is 22.6. The summed E-state index contributed by atoms with van der Waals surface area (Å²) in [4.78, 5) is 35.2. The minimum atomic E-state index is -0.977. The highest BCUT2D eigenvalue weighted by atomic mass is 79.9. The number of imidazole rings is 1. The van der Waals surface area contributed by atoms with Crippen molar-refractivity contribution < 1.29 is 19.8 Å². The van der Waals surface area contributed by atoms with E-state index < -0.39 is 6.09 Å². The molecule has 1 aliphatic heterocycles. The molecular weight excluding hydrogens is 496 g/mol. The Bertz CT molecular complexity index is 1180. The Morgan fingerprint density at radius 2 is 2.03 bits per heavy atom. The van der Waals surface area contributed by atoms with Crippen molar-refractivity contribution in [3.8, 4) is 16.5 Å². The Hall–Kier alpha value is -2.59. The molecule has 4 rings (SSSR count). The number of H-pyrrole nitrogens is 1. The SMILES string of the molecule is CC(C)(C)[C@H]1C(NC(=O)c2ccc(O)c3[nH]c(-c4ccc(Br)s4)nc23)CCCN1C(=O)O. The van der Waals surface area contributed by atoms with Crippen molar-refractivity contribution in [2.45, 2.75) is 45.7 Å². The number of aromatic nitrogens is 2. The number of carbonyl (C=O) groups excluding carboxylic acids is 1. The molecule has 0 radical (unpaired) electrons. The summed E-state index contributed by atoms with van der Waals surface area (Å²) in [6, 6.07) is 6.14. The van der Waals surface area contributed by atoms with E-state index in [2.05, 4.69) is 31.2 Å². The van der Waals surface area contributed by atoms with Gasteiger partial charge in [-0.25, -0.2) is 9.78 Å². The first-order valence-corrected chi connectivity index (χ1v) is 11.9. The van der Waals surface area contributed by atoms with Crippen LogP contribution in [0.25, 0.3) is 21.7 Å². The van der Waals surface area contributed by atoms with Crippen LogP contribution in [0, 0.1) is 5.41 Å². The number of carboxylic acid groups (broad SMARTS) is 1. The molecule has 3 heterocycles. The second kappa shape index (κ2) is 8.40. The van der Waals surface area contributed by atoms with E-state index in [0.29, 0.717) is 41.8 Å². The number of phenolic OH excluding ortho intramolecular Hbond substituents is 1. The summed E-state index contributed by atoms with van der Waals surface area (Å²) in [5.41, 5.74) is 0.740. The lowest BCUT2D eigenvalue weighted by molar-refractivity contribution is 0.0359. The number of rotatable bonds is 3. The zero-order valence-electron chi connectivity index (χ0n) is 18.0. The van der Waals surface area contributed by atoms with Crippen molar-refractivity contribution in [3.05, 3.63) is 33.6 Å². The summed E-state index contributed by atoms with van der Waals surface area (Å²) in [5.74, 6) is 0.230. The normalized spacial score (nSPS) is 19.3. The fourth-order valence-corrected chi connectivity index (χ4v) is 5.83. The molecule has 1 aliphatic rings. The topological polar surface area (TPSA) is 119 Å². The highest BCUT2D eigenvalue weighted by Gasteiger charge is 2.42. The van der Waals surface area contributed by atoms with Gasteiger partial charge in [0.1, 0.15) is 22.6 Å². The molecule has 8 nitrogen and oxygen atoms in total. The number of benzene rings is 1. The fraction of sp³-hybridized carbons (Fsp3) is 0.409. The number of aromatic amines is 1. The number of amides is 2. The van der Waals surface area contributed by atoms with Crippen molar-refractivity contribution >= 4 is 50.3 Å². The molecule has 0 spiro atoms. The number of likely N-dealkylation sites (tertiary alicyclic amines) is 1. The molecule has 32 heavy (non-hydrogen) atoms. The van der Waals surface area contributed by atoms with Crippen molar-refractivity contribution in [1.29, 1.82) is 0 Å². The third-order valence-electron chi connectivity index (χ3n) is 5.75. The smallest absolute Gasteiger partial charge is 0.407 e. The number of aromatic hydroxyl groups is 1. The molecule has 2 amide bonds. The predicted molar refractivity (Wildman–Crippen MR) is 127 cm³/mol. The van der Waals surface area contributed by atoms with Gasteiger partial charge in [0, 0.05) is 6.54 Å². The van der Waals surface area contributed by atoms with Gasteiger partial charge in [-0.15, -0.1) is 11.3 Å². The summed E-state index contributed by atoms with van der Waals surface area (Å²) < 4.78 is 0.948. The van der Waals surface area contributed by atoms with Gasteiger partial charge in [-0.1, -0.05) is 20.8 Å². The van der Waals surface area contributed by atoms with E-state index in [1.807, 2.05) is 32.9 Å². The van der Waals surface area contributed by atoms with E-state index in [4.69, 9.17) is 0 Å². The summed E-state index contributed by atoms with van der Waals surface area (Å²) in [6.07, 6.45) is 0.387. The minimum absolute atomic E-state index is 0.00760. The molecule has 3 aromatic rings. The molecule has 1 unspecified atom stereocenters. The molecule has 4 N–H and O–H groups in total. The van der Waals surface area contributed by atoms with Crippen LogP contribution in [0.5, 0.6) is 5.75 Å². The average molecular weight is 521 g/mol. The van der Waals surface area contributed by atoms with E-state index in [9.17, 15) is 19.8 Å². The van der Waals surface area contributed by atoms with Gasteiger partial charge >= 0.3 is 6.09 Å². The van der Waals surface area contributed by atoms with Crippen LogP contribution in [-0.4, -0.2) is 55.7 Å². The van der Waals surface area contributed by atoms with E-state index >= 15 is 0 Å². The van der Waals surface area contributed by atoms with Crippen LogP contribution in [0.1, 0.15) is 44.0 Å². The molecule has 0 saturated carbocycles. The van der Waals surface area contributed by atoms with Gasteiger partial charge in [-0.05, 0) is 58.5 Å². The number of piperidine rings is 1. The zero-order valence-corrected chi connectivity index (χ0v) is 20.4. The maximum Gasteiger partial charge on any atom is 0.407 e. The number of fused-ring (bicyclic) bond motifs is 1. The van der Waals surface area contributed by atoms with Gasteiger partial charge in [0.2, 0.25) is 0 Å². The van der Waals surface area contributed by atoms with E-state index in [-0.39, 0.29) is 29.2 Å². The van der Waals surface area contributed by atoms with E-state index in [0.717, 1.165) is 8.66 Å². The molecule has 2 atom stereocenters. The second-order valence-electron chi connectivity index (χ2n) is 9.05. The number of thiophene rings is 1. The maximum atomic E-state index is 13.3. The molecule has 0 aliphatic carbocycles. The Labute approximate surface area is 197 Å². The summed E-state index contributed by atoms with van der Waals surface area (Å²) in [5, 5.41) is 23.1. The standard InChI is InChI=1S/C22H25BrN4O4S/c1-22(2,3)18-12(5-4-10-27(18)21(30)31)24-20(29)11-6-7-13(28)17-16(11)25-19(26-17)14-8-9-15(23)32-14/h6-9,12,18,28H,4-5,10H2,1-3H3,(H,24,29)(H,25,26)(H,30,31)/t12?,18-/m1/s1. The molecule has 10 heteroatoms. The van der Waals surface area contributed by atoms with Crippen LogP contribution in [0.2, 0.25) is 0 Å². The number of nitrogens with one attached hydrogen (secondary N) is 2. The monoisotopic (exact) mass is 520 g/mol. The fourth-order valence-electron chi connectivity index (χ4n) is 4.50. The van der Waals surface area contributed by atoms with Crippen molar-refractivity contribution in [2.24, 2.45) is 5.41 Å². The second-order valence-corrected chi connectivity index (χ2v) is 11.5. The number of halogens is 1.